The summed E-state index contributed by atoms with van der Waals surface area (Å²) < 4.78 is 17.0. The molecule has 0 aliphatic carbocycles. The fourth-order valence-electron chi connectivity index (χ4n) is 2.95. The fraction of sp³-hybridized carbons (Fsp3) is 0.304. The third-order valence-electron chi connectivity index (χ3n) is 4.50. The first-order chi connectivity index (χ1) is 15.3. The Morgan fingerprint density at radius 3 is 2.34 bits per heavy atom. The van der Waals surface area contributed by atoms with Crippen molar-refractivity contribution in [3.8, 4) is 17.2 Å². The van der Waals surface area contributed by atoms with E-state index in [9.17, 15) is 4.79 Å². The molecule has 0 fully saturated rings. The lowest BCUT2D eigenvalue weighted by atomic mass is 9.92. The van der Waals surface area contributed by atoms with E-state index >= 15 is 0 Å². The second-order valence-corrected chi connectivity index (χ2v) is 7.99. The van der Waals surface area contributed by atoms with Crippen LogP contribution in [-0.4, -0.2) is 35.6 Å². The summed E-state index contributed by atoms with van der Waals surface area (Å²) in [6.45, 7) is 6.27. The highest BCUT2D eigenvalue weighted by atomic mass is 16.5. The molecule has 0 radical (unpaired) electrons. The Morgan fingerprint density at radius 1 is 1.09 bits per heavy atom. The number of nitrogens with one attached hydrogen (secondary N) is 2. The van der Waals surface area contributed by atoms with E-state index in [2.05, 4.69) is 25.7 Å². The molecule has 3 aromatic rings. The Balaban J connectivity index is 1.83. The summed E-state index contributed by atoms with van der Waals surface area (Å²) in [5.41, 5.74) is 4.24. The maximum atomic E-state index is 11.6. The SMILES string of the molecule is COc1cc(/C=N/Nc2nc(=O)[nH]nc2C(C)(C)C)cc(OC)c1OCc1ccccc1. The number of nitrogens with zero attached hydrogens (tertiary/aromatic N) is 3. The zero-order valence-electron chi connectivity index (χ0n) is 18.8. The number of hydrazone groups is 1. The molecule has 1 heterocycles. The lowest BCUT2D eigenvalue weighted by molar-refractivity contribution is 0.266. The van der Waals surface area contributed by atoms with Crippen LogP contribution in [0.3, 0.4) is 0 Å². The molecule has 0 saturated carbocycles. The lowest BCUT2D eigenvalue weighted by Gasteiger charge is -2.18. The average molecular weight is 438 g/mol. The quantitative estimate of drug-likeness (QED) is 0.410. The third-order valence-corrected chi connectivity index (χ3v) is 4.50. The molecule has 32 heavy (non-hydrogen) atoms. The summed E-state index contributed by atoms with van der Waals surface area (Å²) in [4.78, 5) is 15.5. The molecule has 0 atom stereocenters. The Kier molecular flexibility index (Phi) is 7.09. The molecule has 0 unspecified atom stereocenters. The van der Waals surface area contributed by atoms with Crippen LogP contribution in [0.4, 0.5) is 5.82 Å². The molecule has 1 aromatic heterocycles. The van der Waals surface area contributed by atoms with Crippen LogP contribution in [0, 0.1) is 0 Å². The Bertz CT molecular complexity index is 1110. The highest BCUT2D eigenvalue weighted by Crippen LogP contribution is 2.38. The van der Waals surface area contributed by atoms with E-state index in [0.717, 1.165) is 5.56 Å². The van der Waals surface area contributed by atoms with Gasteiger partial charge in [-0.25, -0.2) is 9.89 Å². The van der Waals surface area contributed by atoms with Crippen molar-refractivity contribution in [2.45, 2.75) is 32.8 Å². The lowest BCUT2D eigenvalue weighted by Crippen LogP contribution is -2.24. The molecular weight excluding hydrogens is 410 g/mol. The van der Waals surface area contributed by atoms with Gasteiger partial charge >= 0.3 is 5.69 Å². The van der Waals surface area contributed by atoms with Crippen molar-refractivity contribution < 1.29 is 14.2 Å². The van der Waals surface area contributed by atoms with Crippen molar-refractivity contribution in [3.05, 3.63) is 69.8 Å². The van der Waals surface area contributed by atoms with E-state index in [0.29, 0.717) is 40.9 Å². The zero-order valence-corrected chi connectivity index (χ0v) is 18.8. The molecule has 0 amide bonds. The van der Waals surface area contributed by atoms with Crippen LogP contribution in [0.2, 0.25) is 0 Å². The van der Waals surface area contributed by atoms with Crippen LogP contribution < -0.4 is 25.3 Å². The predicted molar refractivity (Wildman–Crippen MR) is 123 cm³/mol. The van der Waals surface area contributed by atoms with Gasteiger partial charge in [-0.15, -0.1) is 0 Å². The largest absolute Gasteiger partial charge is 0.493 e. The average Bonchev–Trinajstić information content (AvgIpc) is 2.77. The van der Waals surface area contributed by atoms with Gasteiger partial charge in [0.25, 0.3) is 0 Å². The molecular formula is C23H27N5O4. The van der Waals surface area contributed by atoms with Gasteiger partial charge in [-0.3, -0.25) is 5.43 Å². The van der Waals surface area contributed by atoms with E-state index in [-0.39, 0.29) is 5.41 Å². The van der Waals surface area contributed by atoms with Crippen molar-refractivity contribution in [1.29, 1.82) is 0 Å². The van der Waals surface area contributed by atoms with Gasteiger partial charge in [-0.2, -0.15) is 15.2 Å². The number of benzene rings is 2. The minimum Gasteiger partial charge on any atom is -0.493 e. The standard InChI is InChI=1S/C23H27N5O4/c1-23(2,3)20-21(25-22(29)28-26-20)27-24-13-16-11-17(30-4)19(18(12-16)31-5)32-14-15-9-7-6-8-10-15/h6-13H,14H2,1-5H3,(H2,25,27,28,29)/b24-13+. The normalized spacial score (nSPS) is 11.4. The minimum atomic E-state index is -0.557. The summed E-state index contributed by atoms with van der Waals surface area (Å²) in [6, 6.07) is 13.4. The van der Waals surface area contributed by atoms with E-state index in [1.165, 1.54) is 0 Å². The molecule has 2 N–H and O–H groups in total. The van der Waals surface area contributed by atoms with Crippen LogP contribution in [0.25, 0.3) is 0 Å². The van der Waals surface area contributed by atoms with Crippen molar-refractivity contribution in [2.24, 2.45) is 5.10 Å². The molecule has 0 saturated heterocycles. The van der Waals surface area contributed by atoms with Crippen LogP contribution in [0.1, 0.15) is 37.6 Å². The number of aromatic nitrogens is 3. The molecule has 9 heteroatoms. The zero-order chi connectivity index (χ0) is 23.1. The first-order valence-corrected chi connectivity index (χ1v) is 10.0. The van der Waals surface area contributed by atoms with Crippen LogP contribution >= 0.6 is 0 Å². The fourth-order valence-corrected chi connectivity index (χ4v) is 2.95. The summed E-state index contributed by atoms with van der Waals surface area (Å²) in [6.07, 6.45) is 1.57. The summed E-state index contributed by atoms with van der Waals surface area (Å²) >= 11 is 0. The Labute approximate surface area is 186 Å². The Morgan fingerprint density at radius 2 is 1.75 bits per heavy atom. The molecule has 0 aliphatic rings. The van der Waals surface area contributed by atoms with E-state index in [4.69, 9.17) is 14.2 Å². The van der Waals surface area contributed by atoms with Gasteiger partial charge in [0.2, 0.25) is 5.75 Å². The number of hydrogen-bond acceptors (Lipinski definition) is 8. The summed E-state index contributed by atoms with van der Waals surface area (Å²) in [5, 5.41) is 10.7. The molecule has 3 rings (SSSR count). The van der Waals surface area contributed by atoms with Gasteiger partial charge in [0.1, 0.15) is 12.3 Å². The maximum Gasteiger partial charge on any atom is 0.363 e. The van der Waals surface area contributed by atoms with Crippen LogP contribution in [-0.2, 0) is 12.0 Å². The number of H-pyrrole nitrogens is 1. The van der Waals surface area contributed by atoms with Gasteiger partial charge in [0, 0.05) is 11.0 Å². The molecule has 2 aromatic carbocycles. The van der Waals surface area contributed by atoms with E-state index in [1.807, 2.05) is 51.1 Å². The first-order valence-electron chi connectivity index (χ1n) is 10.0. The third kappa shape index (κ3) is 5.63. The van der Waals surface area contributed by atoms with E-state index in [1.54, 1.807) is 32.6 Å². The number of anilines is 1. The number of rotatable bonds is 8. The molecule has 168 valence electrons. The van der Waals surface area contributed by atoms with Crippen LogP contribution in [0.5, 0.6) is 17.2 Å². The highest BCUT2D eigenvalue weighted by molar-refractivity contribution is 5.83. The number of methoxy groups -OCH3 is 2. The van der Waals surface area contributed by atoms with Crippen molar-refractivity contribution in [3.63, 3.8) is 0 Å². The van der Waals surface area contributed by atoms with Gasteiger partial charge < -0.3 is 14.2 Å². The maximum absolute atomic E-state index is 11.6. The molecule has 9 nitrogen and oxygen atoms in total. The number of ether oxygens (including phenoxy) is 3. The number of hydrogen-bond donors (Lipinski definition) is 2. The molecule has 0 bridgehead atoms. The predicted octanol–water partition coefficient (Wildman–Crippen LogP) is 3.50. The molecule has 0 aliphatic heterocycles. The first kappa shape index (κ1) is 22.8. The van der Waals surface area contributed by atoms with Gasteiger partial charge in [0.05, 0.1) is 20.4 Å². The van der Waals surface area contributed by atoms with Gasteiger partial charge in [0.15, 0.2) is 17.3 Å². The van der Waals surface area contributed by atoms with Crippen molar-refractivity contribution >= 4 is 12.0 Å². The van der Waals surface area contributed by atoms with Crippen molar-refractivity contribution in [1.82, 2.24) is 15.2 Å². The van der Waals surface area contributed by atoms with Crippen molar-refractivity contribution in [2.75, 3.05) is 19.6 Å². The summed E-state index contributed by atoms with van der Waals surface area (Å²) in [7, 11) is 3.12. The van der Waals surface area contributed by atoms with Gasteiger partial charge in [-0.1, -0.05) is 51.1 Å². The highest BCUT2D eigenvalue weighted by Gasteiger charge is 2.21. The second kappa shape index (κ2) is 9.95. The summed E-state index contributed by atoms with van der Waals surface area (Å²) in [5.74, 6) is 1.81. The van der Waals surface area contributed by atoms with Crippen LogP contribution in [0.15, 0.2) is 52.4 Å². The minimum absolute atomic E-state index is 0.291. The van der Waals surface area contributed by atoms with Gasteiger partial charge in [-0.05, 0) is 17.7 Å². The Hall–Kier alpha value is -3.88. The second-order valence-electron chi connectivity index (χ2n) is 7.99. The number of aromatic amines is 1. The molecule has 0 spiro atoms. The monoisotopic (exact) mass is 437 g/mol. The van der Waals surface area contributed by atoms with E-state index < -0.39 is 5.69 Å². The topological polar surface area (TPSA) is 111 Å². The smallest absolute Gasteiger partial charge is 0.363 e.